The van der Waals surface area contributed by atoms with E-state index in [0.717, 1.165) is 31.9 Å². The van der Waals surface area contributed by atoms with Gasteiger partial charge in [-0.3, -0.25) is 9.59 Å². The van der Waals surface area contributed by atoms with Crippen molar-refractivity contribution in [3.05, 3.63) is 66.7 Å². The molecule has 2 aliphatic rings. The molecule has 0 saturated carbocycles. The van der Waals surface area contributed by atoms with E-state index in [1.165, 1.54) is 5.69 Å². The zero-order chi connectivity index (χ0) is 20.9. The molecule has 6 heteroatoms. The minimum Gasteiger partial charge on any atom is -0.481 e. The second-order valence-electron chi connectivity index (χ2n) is 7.84. The standard InChI is InChI=1S/C24H27N3O3/c28-23(21-8-4-5-9-22(21)24(29)30)25-18-10-12-20(13-11-18)27-16-14-26(15-17-27)19-6-2-1-3-7-19/h1-7,10-13,21-22H,8-9,14-17H2,(H,25,28)(H,29,30)/t21-,22+/m0/s1. The maximum atomic E-state index is 12.6. The number of piperazine rings is 1. The number of benzene rings is 2. The highest BCUT2D eigenvalue weighted by molar-refractivity contribution is 5.95. The van der Waals surface area contributed by atoms with Crippen LogP contribution in [0.5, 0.6) is 0 Å². The Hall–Kier alpha value is -3.28. The fourth-order valence-electron chi connectivity index (χ4n) is 4.23. The lowest BCUT2D eigenvalue weighted by molar-refractivity contribution is -0.146. The number of rotatable bonds is 5. The number of allylic oxidation sites excluding steroid dienone is 2. The van der Waals surface area contributed by atoms with Crippen molar-refractivity contribution in [3.63, 3.8) is 0 Å². The average molecular weight is 405 g/mol. The number of anilines is 3. The van der Waals surface area contributed by atoms with Crippen LogP contribution in [0.15, 0.2) is 66.7 Å². The molecule has 6 nitrogen and oxygen atoms in total. The van der Waals surface area contributed by atoms with Crippen LogP contribution in [0, 0.1) is 11.8 Å². The molecule has 1 heterocycles. The molecule has 1 fully saturated rings. The van der Waals surface area contributed by atoms with E-state index >= 15 is 0 Å². The lowest BCUT2D eigenvalue weighted by Crippen LogP contribution is -2.46. The van der Waals surface area contributed by atoms with Gasteiger partial charge in [-0.2, -0.15) is 0 Å². The van der Waals surface area contributed by atoms with Crippen LogP contribution < -0.4 is 15.1 Å². The molecule has 1 aliphatic carbocycles. The summed E-state index contributed by atoms with van der Waals surface area (Å²) in [7, 11) is 0. The van der Waals surface area contributed by atoms with Gasteiger partial charge in [-0.05, 0) is 49.2 Å². The van der Waals surface area contributed by atoms with Gasteiger partial charge in [0.25, 0.3) is 0 Å². The number of carboxylic acid groups (broad SMARTS) is 1. The Bertz CT molecular complexity index is 903. The molecule has 1 amide bonds. The highest BCUT2D eigenvalue weighted by Crippen LogP contribution is 2.28. The monoisotopic (exact) mass is 405 g/mol. The summed E-state index contributed by atoms with van der Waals surface area (Å²) in [5.74, 6) is -2.33. The fourth-order valence-corrected chi connectivity index (χ4v) is 4.23. The molecule has 2 aromatic rings. The second kappa shape index (κ2) is 9.03. The van der Waals surface area contributed by atoms with Gasteiger partial charge >= 0.3 is 5.97 Å². The average Bonchev–Trinajstić information content (AvgIpc) is 2.80. The van der Waals surface area contributed by atoms with Gasteiger partial charge < -0.3 is 20.2 Å². The lowest BCUT2D eigenvalue weighted by atomic mass is 9.82. The molecule has 0 bridgehead atoms. The van der Waals surface area contributed by atoms with Crippen molar-refractivity contribution in [2.45, 2.75) is 12.8 Å². The topological polar surface area (TPSA) is 72.9 Å². The van der Waals surface area contributed by atoms with E-state index in [9.17, 15) is 14.7 Å². The quantitative estimate of drug-likeness (QED) is 0.744. The first-order chi connectivity index (χ1) is 14.6. The molecule has 1 saturated heterocycles. The third kappa shape index (κ3) is 4.48. The van der Waals surface area contributed by atoms with Crippen LogP contribution in [-0.2, 0) is 9.59 Å². The van der Waals surface area contributed by atoms with Gasteiger partial charge in [0.2, 0.25) is 5.91 Å². The van der Waals surface area contributed by atoms with Crippen LogP contribution in [0.3, 0.4) is 0 Å². The maximum Gasteiger partial charge on any atom is 0.307 e. The highest BCUT2D eigenvalue weighted by Gasteiger charge is 2.33. The molecule has 2 atom stereocenters. The van der Waals surface area contributed by atoms with Gasteiger partial charge in [0.1, 0.15) is 0 Å². The lowest BCUT2D eigenvalue weighted by Gasteiger charge is -2.37. The van der Waals surface area contributed by atoms with E-state index in [1.54, 1.807) is 0 Å². The predicted molar refractivity (Wildman–Crippen MR) is 119 cm³/mol. The number of carbonyl (C=O) groups is 2. The number of nitrogens with one attached hydrogen (secondary N) is 1. The fraction of sp³-hybridized carbons (Fsp3) is 0.333. The van der Waals surface area contributed by atoms with Crippen LogP contribution >= 0.6 is 0 Å². The minimum atomic E-state index is -0.913. The number of hydrogen-bond acceptors (Lipinski definition) is 4. The van der Waals surface area contributed by atoms with Crippen LogP contribution in [-0.4, -0.2) is 43.2 Å². The number of amides is 1. The molecule has 30 heavy (non-hydrogen) atoms. The minimum absolute atomic E-state index is 0.226. The van der Waals surface area contributed by atoms with E-state index in [2.05, 4.69) is 39.4 Å². The largest absolute Gasteiger partial charge is 0.481 e. The summed E-state index contributed by atoms with van der Waals surface area (Å²) in [5, 5.41) is 12.3. The van der Waals surface area contributed by atoms with Crippen LogP contribution in [0.25, 0.3) is 0 Å². The molecular formula is C24H27N3O3. The Kier molecular flexibility index (Phi) is 6.02. The Morgan fingerprint density at radius 3 is 1.87 bits per heavy atom. The van der Waals surface area contributed by atoms with Crippen molar-refractivity contribution < 1.29 is 14.7 Å². The Morgan fingerprint density at radius 1 is 0.767 bits per heavy atom. The van der Waals surface area contributed by atoms with Crippen molar-refractivity contribution in [3.8, 4) is 0 Å². The number of para-hydroxylation sites is 1. The van der Waals surface area contributed by atoms with Gasteiger partial charge in [-0.25, -0.2) is 0 Å². The third-order valence-electron chi connectivity index (χ3n) is 5.99. The molecule has 2 N–H and O–H groups in total. The molecule has 0 radical (unpaired) electrons. The Labute approximate surface area is 176 Å². The van der Waals surface area contributed by atoms with Crippen LogP contribution in [0.2, 0.25) is 0 Å². The van der Waals surface area contributed by atoms with Gasteiger partial charge in [-0.15, -0.1) is 0 Å². The smallest absolute Gasteiger partial charge is 0.307 e. The third-order valence-corrected chi connectivity index (χ3v) is 5.99. The first kappa shape index (κ1) is 20.0. The van der Waals surface area contributed by atoms with Crippen molar-refractivity contribution in [1.29, 1.82) is 0 Å². The van der Waals surface area contributed by atoms with Gasteiger partial charge in [0.15, 0.2) is 0 Å². The van der Waals surface area contributed by atoms with E-state index in [1.807, 2.05) is 42.5 Å². The molecule has 0 unspecified atom stereocenters. The number of hydrogen-bond donors (Lipinski definition) is 2. The molecule has 4 rings (SSSR count). The van der Waals surface area contributed by atoms with Crippen LogP contribution in [0.1, 0.15) is 12.8 Å². The van der Waals surface area contributed by atoms with Gasteiger partial charge in [0, 0.05) is 43.2 Å². The SMILES string of the molecule is O=C(Nc1ccc(N2CCN(c3ccccc3)CC2)cc1)[C@H]1CC=CC[C@H]1C(=O)O. The predicted octanol–water partition coefficient (Wildman–Crippen LogP) is 3.62. The van der Waals surface area contributed by atoms with Crippen molar-refractivity contribution in [1.82, 2.24) is 0 Å². The first-order valence-electron chi connectivity index (χ1n) is 10.5. The molecule has 0 spiro atoms. The second-order valence-corrected chi connectivity index (χ2v) is 7.84. The summed E-state index contributed by atoms with van der Waals surface area (Å²) in [6.07, 6.45) is 4.60. The van der Waals surface area contributed by atoms with Gasteiger partial charge in [0.05, 0.1) is 11.8 Å². The Balaban J connectivity index is 1.34. The normalized spacial score (nSPS) is 21.3. The van der Waals surface area contributed by atoms with Crippen LogP contribution in [0.4, 0.5) is 17.1 Å². The molecule has 156 valence electrons. The molecule has 1 aliphatic heterocycles. The number of nitrogens with zero attached hydrogens (tertiary/aromatic N) is 2. The summed E-state index contributed by atoms with van der Waals surface area (Å²) in [6.45, 7) is 3.81. The van der Waals surface area contributed by atoms with Gasteiger partial charge in [-0.1, -0.05) is 30.4 Å². The molecule has 0 aromatic heterocycles. The zero-order valence-corrected chi connectivity index (χ0v) is 16.9. The number of carboxylic acids is 1. The summed E-state index contributed by atoms with van der Waals surface area (Å²) in [4.78, 5) is 28.8. The highest BCUT2D eigenvalue weighted by atomic mass is 16.4. The van der Waals surface area contributed by atoms with Crippen molar-refractivity contribution >= 4 is 28.9 Å². The van der Waals surface area contributed by atoms with Crippen molar-refractivity contribution in [2.24, 2.45) is 11.8 Å². The zero-order valence-electron chi connectivity index (χ0n) is 16.9. The van der Waals surface area contributed by atoms with E-state index in [4.69, 9.17) is 0 Å². The maximum absolute atomic E-state index is 12.6. The van der Waals surface area contributed by atoms with E-state index < -0.39 is 17.8 Å². The van der Waals surface area contributed by atoms with E-state index in [0.29, 0.717) is 18.5 Å². The Morgan fingerprint density at radius 2 is 1.30 bits per heavy atom. The number of carbonyl (C=O) groups excluding carboxylic acids is 1. The first-order valence-corrected chi connectivity index (χ1v) is 10.5. The summed E-state index contributed by atoms with van der Waals surface area (Å²) in [5.41, 5.74) is 3.09. The molecular weight excluding hydrogens is 378 g/mol. The summed E-state index contributed by atoms with van der Waals surface area (Å²) >= 11 is 0. The number of aliphatic carboxylic acids is 1. The summed E-state index contributed by atoms with van der Waals surface area (Å²) < 4.78 is 0. The van der Waals surface area contributed by atoms with E-state index in [-0.39, 0.29) is 5.91 Å². The molecule has 2 aromatic carbocycles. The summed E-state index contributed by atoms with van der Waals surface area (Å²) in [6, 6.07) is 18.3. The van der Waals surface area contributed by atoms with Crippen molar-refractivity contribution in [2.75, 3.05) is 41.3 Å².